The van der Waals surface area contributed by atoms with Crippen LogP contribution in [0.15, 0.2) is 28.0 Å². The average Bonchev–Trinajstić information content (AvgIpc) is 3.68. The molecule has 3 heterocycles. The van der Waals surface area contributed by atoms with E-state index in [1.807, 2.05) is 0 Å². The van der Waals surface area contributed by atoms with Gasteiger partial charge in [0.2, 0.25) is 0 Å². The van der Waals surface area contributed by atoms with Gasteiger partial charge in [0, 0.05) is 25.2 Å². The van der Waals surface area contributed by atoms with Gasteiger partial charge >= 0.3 is 11.8 Å². The fourth-order valence-electron chi connectivity index (χ4n) is 3.30. The molecule has 0 aliphatic heterocycles. The predicted molar refractivity (Wildman–Crippen MR) is 109 cm³/mol. The molecule has 2 aliphatic carbocycles. The fraction of sp³-hybridized carbons (Fsp3) is 0.400. The molecular formula is C20H19N7O4. The molecule has 0 saturated heterocycles. The van der Waals surface area contributed by atoms with Gasteiger partial charge in [-0.15, -0.1) is 0 Å². The Labute approximate surface area is 175 Å². The largest absolute Gasteiger partial charge is 0.415 e. The molecule has 11 nitrogen and oxygen atoms in total. The first-order valence-corrected chi connectivity index (χ1v) is 9.98. The van der Waals surface area contributed by atoms with Crippen LogP contribution in [-0.4, -0.2) is 53.9 Å². The van der Waals surface area contributed by atoms with Crippen LogP contribution in [0, 0.1) is 11.8 Å². The lowest BCUT2D eigenvalue weighted by Crippen LogP contribution is -2.39. The Morgan fingerprint density at radius 1 is 1.23 bits per heavy atom. The molecule has 158 valence electrons. The second kappa shape index (κ2) is 7.39. The lowest BCUT2D eigenvalue weighted by atomic mass is 10.4. The van der Waals surface area contributed by atoms with Crippen molar-refractivity contribution in [3.8, 4) is 17.6 Å². The van der Waals surface area contributed by atoms with Gasteiger partial charge in [-0.1, -0.05) is 5.92 Å². The van der Waals surface area contributed by atoms with Crippen molar-refractivity contribution in [1.29, 1.82) is 0 Å². The highest BCUT2D eigenvalue weighted by Crippen LogP contribution is 2.36. The third-order valence-corrected chi connectivity index (χ3v) is 5.18. The number of aromatic amines is 1. The second-order valence-electron chi connectivity index (χ2n) is 7.68. The smallest absolute Gasteiger partial charge is 0.408 e. The first kappa shape index (κ1) is 19.0. The van der Waals surface area contributed by atoms with Gasteiger partial charge in [-0.05, 0) is 31.6 Å². The van der Waals surface area contributed by atoms with Crippen LogP contribution in [0.5, 0.6) is 5.75 Å². The van der Waals surface area contributed by atoms with Crippen molar-refractivity contribution in [2.45, 2.75) is 37.8 Å². The Bertz CT molecular complexity index is 1340. The maximum absolute atomic E-state index is 12.9. The number of hydrogen-bond acceptors (Lipinski definition) is 7. The molecular weight excluding hydrogens is 402 g/mol. The number of ether oxygens (including phenoxy) is 1. The Hall–Kier alpha value is -3.94. The van der Waals surface area contributed by atoms with Gasteiger partial charge in [0.25, 0.3) is 5.56 Å². The number of aromatic nitrogens is 6. The van der Waals surface area contributed by atoms with Gasteiger partial charge in [0.05, 0.1) is 18.9 Å². The summed E-state index contributed by atoms with van der Waals surface area (Å²) in [5.74, 6) is 6.22. The van der Waals surface area contributed by atoms with E-state index in [4.69, 9.17) is 4.74 Å². The maximum atomic E-state index is 12.9. The van der Waals surface area contributed by atoms with Crippen LogP contribution in [0.2, 0.25) is 0 Å². The van der Waals surface area contributed by atoms with Gasteiger partial charge in [0.1, 0.15) is 0 Å². The van der Waals surface area contributed by atoms with Crippen molar-refractivity contribution in [1.82, 2.24) is 34.2 Å². The number of H-pyrrole nitrogens is 1. The molecule has 3 aromatic heterocycles. The molecule has 11 heteroatoms. The third-order valence-electron chi connectivity index (χ3n) is 5.18. The maximum Gasteiger partial charge on any atom is 0.415 e. The van der Waals surface area contributed by atoms with Crippen molar-refractivity contribution in [2.75, 3.05) is 13.6 Å². The lowest BCUT2D eigenvalue weighted by molar-refractivity contribution is 0.167. The number of carbonyl (C=O) groups excluding carboxylic acids is 1. The Kier molecular flexibility index (Phi) is 4.54. The SMILES string of the molecule is CN(CC#Cc1nc2c([nH]1)c(=O)n(C1CC1)c(=O)n2C1CC1)C(=O)Oc1ccnnc1. The summed E-state index contributed by atoms with van der Waals surface area (Å²) in [4.78, 5) is 46.4. The zero-order valence-electron chi connectivity index (χ0n) is 16.7. The standard InChI is InChI=1S/C20H19N7O4/c1-25(20(30)31-14-8-9-21-22-11-14)10-2-3-15-23-16-17(24-15)26(12-4-5-12)19(29)27(18(16)28)13-6-7-13/h8-9,11-13H,4-7,10H2,1H3,(H,23,24). The van der Waals surface area contributed by atoms with Crippen LogP contribution < -0.4 is 16.0 Å². The van der Waals surface area contributed by atoms with Crippen LogP contribution in [-0.2, 0) is 0 Å². The van der Waals surface area contributed by atoms with Crippen LogP contribution in [0.4, 0.5) is 4.79 Å². The first-order chi connectivity index (χ1) is 15.0. The van der Waals surface area contributed by atoms with E-state index in [0.29, 0.717) is 11.2 Å². The zero-order valence-corrected chi connectivity index (χ0v) is 16.7. The number of amides is 1. The summed E-state index contributed by atoms with van der Waals surface area (Å²) in [6.07, 6.45) is 5.62. The molecule has 2 saturated carbocycles. The van der Waals surface area contributed by atoms with Gasteiger partial charge in [-0.3, -0.25) is 18.8 Å². The predicted octanol–water partition coefficient (Wildman–Crippen LogP) is 0.828. The minimum atomic E-state index is -0.596. The van der Waals surface area contributed by atoms with Gasteiger partial charge in [-0.2, -0.15) is 10.2 Å². The van der Waals surface area contributed by atoms with Gasteiger partial charge < -0.3 is 9.72 Å². The van der Waals surface area contributed by atoms with E-state index in [2.05, 4.69) is 32.0 Å². The molecule has 2 fully saturated rings. The van der Waals surface area contributed by atoms with Gasteiger partial charge in [-0.25, -0.2) is 14.6 Å². The highest BCUT2D eigenvalue weighted by Gasteiger charge is 2.34. The summed E-state index contributed by atoms with van der Waals surface area (Å²) in [6, 6.07) is 1.57. The van der Waals surface area contributed by atoms with Crippen molar-refractivity contribution in [2.24, 2.45) is 0 Å². The molecule has 0 aromatic carbocycles. The quantitative estimate of drug-likeness (QED) is 0.618. The van der Waals surface area contributed by atoms with E-state index in [9.17, 15) is 14.4 Å². The Morgan fingerprint density at radius 2 is 1.97 bits per heavy atom. The van der Waals surface area contributed by atoms with E-state index in [1.54, 1.807) is 11.6 Å². The Morgan fingerprint density at radius 3 is 2.65 bits per heavy atom. The normalized spacial score (nSPS) is 15.4. The number of rotatable bonds is 4. The third kappa shape index (κ3) is 3.68. The van der Waals surface area contributed by atoms with Crippen LogP contribution in [0.25, 0.3) is 11.2 Å². The molecule has 0 spiro atoms. The van der Waals surface area contributed by atoms with Crippen LogP contribution >= 0.6 is 0 Å². The number of carbonyl (C=O) groups is 1. The summed E-state index contributed by atoms with van der Waals surface area (Å²) >= 11 is 0. The van der Waals surface area contributed by atoms with E-state index in [0.717, 1.165) is 25.7 Å². The minimum absolute atomic E-state index is 0.0255. The van der Waals surface area contributed by atoms with Crippen LogP contribution in [0.1, 0.15) is 43.6 Å². The van der Waals surface area contributed by atoms with Crippen molar-refractivity contribution in [3.63, 3.8) is 0 Å². The van der Waals surface area contributed by atoms with E-state index in [1.165, 1.54) is 27.9 Å². The highest BCUT2D eigenvalue weighted by atomic mass is 16.6. The molecule has 1 amide bonds. The first-order valence-electron chi connectivity index (χ1n) is 9.98. The lowest BCUT2D eigenvalue weighted by Gasteiger charge is -2.12. The summed E-state index contributed by atoms with van der Waals surface area (Å²) in [7, 11) is 1.54. The van der Waals surface area contributed by atoms with Crippen molar-refractivity contribution >= 4 is 17.3 Å². The summed E-state index contributed by atoms with van der Waals surface area (Å²) < 4.78 is 8.11. The summed E-state index contributed by atoms with van der Waals surface area (Å²) in [6.45, 7) is 0.0795. The zero-order chi connectivity index (χ0) is 21.5. The summed E-state index contributed by atoms with van der Waals surface area (Å²) in [5.41, 5.74) is -0.00880. The van der Waals surface area contributed by atoms with Crippen molar-refractivity contribution < 1.29 is 9.53 Å². The number of imidazole rings is 1. The monoisotopic (exact) mass is 421 g/mol. The molecule has 0 unspecified atom stereocenters. The topological polar surface area (TPSA) is 128 Å². The molecule has 0 bridgehead atoms. The number of nitrogens with one attached hydrogen (secondary N) is 1. The number of fused-ring (bicyclic) bond motifs is 1. The summed E-state index contributed by atoms with van der Waals surface area (Å²) in [5, 5.41) is 7.26. The molecule has 5 rings (SSSR count). The minimum Gasteiger partial charge on any atom is -0.408 e. The number of nitrogens with zero attached hydrogens (tertiary/aromatic N) is 6. The van der Waals surface area contributed by atoms with E-state index < -0.39 is 6.09 Å². The molecule has 2 aliphatic rings. The highest BCUT2D eigenvalue weighted by molar-refractivity contribution is 5.72. The number of hydrogen-bond donors (Lipinski definition) is 1. The molecule has 31 heavy (non-hydrogen) atoms. The van der Waals surface area contributed by atoms with E-state index >= 15 is 0 Å². The Balaban J connectivity index is 1.38. The second-order valence-corrected chi connectivity index (χ2v) is 7.68. The molecule has 3 aromatic rings. The van der Waals surface area contributed by atoms with Crippen LogP contribution in [0.3, 0.4) is 0 Å². The average molecular weight is 421 g/mol. The fourth-order valence-corrected chi connectivity index (χ4v) is 3.30. The molecule has 0 radical (unpaired) electrons. The van der Waals surface area contributed by atoms with Crippen molar-refractivity contribution in [3.05, 3.63) is 45.1 Å². The molecule has 0 atom stereocenters. The van der Waals surface area contributed by atoms with E-state index in [-0.39, 0.29) is 41.5 Å². The van der Waals surface area contributed by atoms with Gasteiger partial charge in [0.15, 0.2) is 22.7 Å². The molecule has 1 N–H and O–H groups in total.